The standard InChI is InChI=1S/C10H8ClNO5/c11-9-7(2-1-3-8(9)12(14)15)10(13)17-6-4-16-5-6/h1-3,6H,4-5H2. The van der Waals surface area contributed by atoms with Gasteiger partial charge in [0.1, 0.15) is 11.1 Å². The van der Waals surface area contributed by atoms with E-state index in [1.807, 2.05) is 0 Å². The van der Waals surface area contributed by atoms with Gasteiger partial charge in [-0.15, -0.1) is 0 Å². The quantitative estimate of drug-likeness (QED) is 0.469. The first-order valence-corrected chi connectivity index (χ1v) is 5.19. The minimum absolute atomic E-state index is 0.00670. The van der Waals surface area contributed by atoms with Crippen LogP contribution in [0.3, 0.4) is 0 Å². The molecule has 1 heterocycles. The van der Waals surface area contributed by atoms with Crippen LogP contribution in [0.25, 0.3) is 0 Å². The van der Waals surface area contributed by atoms with Crippen LogP contribution >= 0.6 is 11.6 Å². The predicted molar refractivity (Wildman–Crippen MR) is 58.1 cm³/mol. The summed E-state index contributed by atoms with van der Waals surface area (Å²) in [5.41, 5.74) is -0.321. The van der Waals surface area contributed by atoms with Crippen LogP contribution in [-0.2, 0) is 9.47 Å². The van der Waals surface area contributed by atoms with E-state index in [1.54, 1.807) is 0 Å². The number of nitro benzene ring substituents is 1. The summed E-state index contributed by atoms with van der Waals surface area (Å²) in [6, 6.07) is 4.00. The van der Waals surface area contributed by atoms with E-state index in [9.17, 15) is 14.9 Å². The van der Waals surface area contributed by atoms with Crippen molar-refractivity contribution < 1.29 is 19.2 Å². The highest BCUT2D eigenvalue weighted by Gasteiger charge is 2.26. The summed E-state index contributed by atoms with van der Waals surface area (Å²) in [4.78, 5) is 21.6. The molecule has 6 nitrogen and oxygen atoms in total. The summed E-state index contributed by atoms with van der Waals surface area (Å²) in [7, 11) is 0. The zero-order valence-corrected chi connectivity index (χ0v) is 9.35. The third-order valence-corrected chi connectivity index (χ3v) is 2.67. The number of nitrogens with zero attached hydrogens (tertiary/aromatic N) is 1. The number of carbonyl (C=O) groups excluding carboxylic acids is 1. The Morgan fingerprint density at radius 2 is 2.24 bits per heavy atom. The molecule has 1 fully saturated rings. The van der Waals surface area contributed by atoms with Crippen molar-refractivity contribution in [2.75, 3.05) is 13.2 Å². The molecule has 0 aliphatic carbocycles. The molecule has 0 radical (unpaired) electrons. The fourth-order valence-electron chi connectivity index (χ4n) is 1.32. The molecule has 1 aromatic rings. The number of rotatable bonds is 3. The molecule has 0 N–H and O–H groups in total. The lowest BCUT2D eigenvalue weighted by molar-refractivity contribution is -0.384. The summed E-state index contributed by atoms with van der Waals surface area (Å²) in [5.74, 6) is -0.674. The van der Waals surface area contributed by atoms with Crippen molar-refractivity contribution in [2.24, 2.45) is 0 Å². The van der Waals surface area contributed by atoms with Crippen LogP contribution in [0.5, 0.6) is 0 Å². The molecule has 1 saturated heterocycles. The highest BCUT2D eigenvalue weighted by molar-refractivity contribution is 6.35. The van der Waals surface area contributed by atoms with Crippen LogP contribution in [0.15, 0.2) is 18.2 Å². The predicted octanol–water partition coefficient (Wildman–Crippen LogP) is 1.80. The molecule has 90 valence electrons. The van der Waals surface area contributed by atoms with Crippen LogP contribution in [0, 0.1) is 10.1 Å². The van der Waals surface area contributed by atoms with Gasteiger partial charge in [-0.25, -0.2) is 4.79 Å². The van der Waals surface area contributed by atoms with Gasteiger partial charge >= 0.3 is 5.97 Å². The van der Waals surface area contributed by atoms with E-state index in [4.69, 9.17) is 21.1 Å². The Balaban J connectivity index is 2.22. The molecule has 1 aromatic carbocycles. The molecule has 7 heteroatoms. The summed E-state index contributed by atoms with van der Waals surface area (Å²) < 4.78 is 9.86. The Labute approximate surface area is 101 Å². The van der Waals surface area contributed by atoms with Crippen LogP contribution < -0.4 is 0 Å². The maximum Gasteiger partial charge on any atom is 0.340 e. The summed E-state index contributed by atoms with van der Waals surface area (Å²) in [6.07, 6.45) is -0.294. The van der Waals surface area contributed by atoms with Crippen molar-refractivity contribution in [3.8, 4) is 0 Å². The van der Waals surface area contributed by atoms with Gasteiger partial charge < -0.3 is 9.47 Å². The van der Waals surface area contributed by atoms with E-state index in [2.05, 4.69) is 0 Å². The average molecular weight is 258 g/mol. The van der Waals surface area contributed by atoms with E-state index < -0.39 is 10.9 Å². The largest absolute Gasteiger partial charge is 0.454 e. The molecule has 0 unspecified atom stereocenters. The number of hydrogen-bond acceptors (Lipinski definition) is 5. The van der Waals surface area contributed by atoms with E-state index in [1.165, 1.54) is 18.2 Å². The Bertz CT molecular complexity index is 472. The lowest BCUT2D eigenvalue weighted by Gasteiger charge is -2.25. The first-order chi connectivity index (χ1) is 8.09. The van der Waals surface area contributed by atoms with Crippen molar-refractivity contribution in [3.63, 3.8) is 0 Å². The fourth-order valence-corrected chi connectivity index (χ4v) is 1.59. The first kappa shape index (κ1) is 11.8. The van der Waals surface area contributed by atoms with E-state index in [-0.39, 0.29) is 22.4 Å². The summed E-state index contributed by atoms with van der Waals surface area (Å²) in [6.45, 7) is 0.691. The molecule has 2 rings (SSSR count). The smallest absolute Gasteiger partial charge is 0.340 e. The van der Waals surface area contributed by atoms with Crippen molar-refractivity contribution >= 4 is 23.3 Å². The Morgan fingerprint density at radius 1 is 1.53 bits per heavy atom. The van der Waals surface area contributed by atoms with E-state index in [0.717, 1.165) is 0 Å². The maximum atomic E-state index is 11.7. The molecule has 0 amide bonds. The van der Waals surface area contributed by atoms with Crippen LogP contribution in [-0.4, -0.2) is 30.2 Å². The summed E-state index contributed by atoms with van der Waals surface area (Å²) in [5, 5.41) is 10.4. The Hall–Kier alpha value is -1.66. The number of hydrogen-bond donors (Lipinski definition) is 0. The molecule has 0 saturated carbocycles. The molecule has 17 heavy (non-hydrogen) atoms. The number of carbonyl (C=O) groups is 1. The van der Waals surface area contributed by atoms with Gasteiger partial charge in [0.05, 0.1) is 23.7 Å². The zero-order chi connectivity index (χ0) is 12.4. The molecule has 1 aliphatic rings. The Kier molecular flexibility index (Phi) is 3.26. The van der Waals surface area contributed by atoms with Crippen LogP contribution in [0.1, 0.15) is 10.4 Å². The molecule has 0 atom stereocenters. The molecular formula is C10H8ClNO5. The van der Waals surface area contributed by atoms with Gasteiger partial charge in [0.25, 0.3) is 5.69 Å². The monoisotopic (exact) mass is 257 g/mol. The van der Waals surface area contributed by atoms with Gasteiger partial charge in [-0.1, -0.05) is 17.7 Å². The second-order valence-electron chi connectivity index (χ2n) is 3.46. The summed E-state index contributed by atoms with van der Waals surface area (Å²) >= 11 is 5.77. The number of esters is 1. The topological polar surface area (TPSA) is 78.7 Å². The van der Waals surface area contributed by atoms with Gasteiger partial charge in [-0.05, 0) is 6.07 Å². The van der Waals surface area contributed by atoms with Gasteiger partial charge in [0.15, 0.2) is 0 Å². The first-order valence-electron chi connectivity index (χ1n) is 4.81. The average Bonchev–Trinajstić information content (AvgIpc) is 2.23. The molecule has 0 bridgehead atoms. The highest BCUT2D eigenvalue weighted by Crippen LogP contribution is 2.28. The zero-order valence-electron chi connectivity index (χ0n) is 8.59. The van der Waals surface area contributed by atoms with Gasteiger partial charge in [0.2, 0.25) is 0 Å². The maximum absolute atomic E-state index is 11.7. The van der Waals surface area contributed by atoms with Gasteiger partial charge in [-0.3, -0.25) is 10.1 Å². The van der Waals surface area contributed by atoms with Crippen molar-refractivity contribution in [1.82, 2.24) is 0 Å². The Morgan fingerprint density at radius 3 is 2.76 bits per heavy atom. The molecule has 1 aliphatic heterocycles. The number of nitro groups is 1. The number of halogens is 1. The third kappa shape index (κ3) is 2.37. The third-order valence-electron chi connectivity index (χ3n) is 2.28. The number of ether oxygens (including phenoxy) is 2. The lowest BCUT2D eigenvalue weighted by atomic mass is 10.2. The molecule has 0 aromatic heterocycles. The van der Waals surface area contributed by atoms with Gasteiger partial charge in [-0.2, -0.15) is 0 Å². The van der Waals surface area contributed by atoms with Crippen molar-refractivity contribution in [1.29, 1.82) is 0 Å². The minimum atomic E-state index is -0.674. The normalized spacial score (nSPS) is 15.1. The van der Waals surface area contributed by atoms with Crippen molar-refractivity contribution in [3.05, 3.63) is 38.9 Å². The van der Waals surface area contributed by atoms with E-state index in [0.29, 0.717) is 13.2 Å². The fraction of sp³-hybridized carbons (Fsp3) is 0.300. The minimum Gasteiger partial charge on any atom is -0.454 e. The SMILES string of the molecule is O=C(OC1COC1)c1cccc([N+](=O)[O-])c1Cl. The second kappa shape index (κ2) is 4.68. The van der Waals surface area contributed by atoms with Crippen LogP contribution in [0.4, 0.5) is 5.69 Å². The van der Waals surface area contributed by atoms with Crippen LogP contribution in [0.2, 0.25) is 5.02 Å². The van der Waals surface area contributed by atoms with Gasteiger partial charge in [0, 0.05) is 6.07 Å². The van der Waals surface area contributed by atoms with E-state index >= 15 is 0 Å². The molecule has 0 spiro atoms. The number of benzene rings is 1. The highest BCUT2D eigenvalue weighted by atomic mass is 35.5. The second-order valence-corrected chi connectivity index (χ2v) is 3.84. The lowest BCUT2D eigenvalue weighted by Crippen LogP contribution is -2.37. The van der Waals surface area contributed by atoms with Crippen molar-refractivity contribution in [2.45, 2.75) is 6.10 Å². The molecular weight excluding hydrogens is 250 g/mol.